The number of rotatable bonds is 12. The number of aryl methyl sites for hydroxylation is 1. The van der Waals surface area contributed by atoms with Gasteiger partial charge in [0.2, 0.25) is 0 Å². The highest BCUT2D eigenvalue weighted by Crippen LogP contribution is 2.22. The first-order chi connectivity index (χ1) is 14.6. The third kappa shape index (κ3) is 9.06. The Bertz CT molecular complexity index is 791. The SMILES string of the molecule is CCC(CC)c1cc(CNC(=NC)NCc2ccc(C)cc2OCCCOC)on1.I. The van der Waals surface area contributed by atoms with Crippen molar-refractivity contribution in [3.05, 3.63) is 46.8 Å². The van der Waals surface area contributed by atoms with Gasteiger partial charge in [-0.1, -0.05) is 31.1 Å². The molecular formula is C23H37IN4O3. The largest absolute Gasteiger partial charge is 0.493 e. The number of aliphatic imine (C=N–C) groups is 1. The maximum absolute atomic E-state index is 5.96. The van der Waals surface area contributed by atoms with Gasteiger partial charge in [-0.2, -0.15) is 0 Å². The van der Waals surface area contributed by atoms with Crippen molar-refractivity contribution in [1.29, 1.82) is 0 Å². The van der Waals surface area contributed by atoms with Gasteiger partial charge in [0.1, 0.15) is 5.75 Å². The molecule has 0 saturated heterocycles. The summed E-state index contributed by atoms with van der Waals surface area (Å²) in [5.41, 5.74) is 3.27. The van der Waals surface area contributed by atoms with Crippen LogP contribution in [0.3, 0.4) is 0 Å². The number of nitrogens with one attached hydrogen (secondary N) is 2. The summed E-state index contributed by atoms with van der Waals surface area (Å²) in [7, 11) is 3.45. The van der Waals surface area contributed by atoms with E-state index in [0.717, 1.165) is 42.0 Å². The van der Waals surface area contributed by atoms with Crippen LogP contribution in [0, 0.1) is 6.92 Å². The van der Waals surface area contributed by atoms with E-state index in [1.807, 2.05) is 6.07 Å². The number of nitrogens with zero attached hydrogens (tertiary/aromatic N) is 2. The second-order valence-electron chi connectivity index (χ2n) is 7.32. The van der Waals surface area contributed by atoms with E-state index in [1.54, 1.807) is 14.2 Å². The lowest BCUT2D eigenvalue weighted by atomic mass is 9.99. The summed E-state index contributed by atoms with van der Waals surface area (Å²) in [4.78, 5) is 4.30. The number of guanidine groups is 1. The number of aromatic nitrogens is 1. The minimum Gasteiger partial charge on any atom is -0.493 e. The van der Waals surface area contributed by atoms with E-state index in [2.05, 4.69) is 59.8 Å². The van der Waals surface area contributed by atoms with E-state index in [1.165, 1.54) is 5.56 Å². The smallest absolute Gasteiger partial charge is 0.191 e. The highest BCUT2D eigenvalue weighted by Gasteiger charge is 2.13. The number of ether oxygens (including phenoxy) is 2. The van der Waals surface area contributed by atoms with Crippen LogP contribution in [-0.2, 0) is 17.8 Å². The van der Waals surface area contributed by atoms with Crippen molar-refractivity contribution in [2.75, 3.05) is 27.4 Å². The Morgan fingerprint density at radius 3 is 2.55 bits per heavy atom. The van der Waals surface area contributed by atoms with Crippen LogP contribution in [0.15, 0.2) is 33.8 Å². The van der Waals surface area contributed by atoms with Gasteiger partial charge in [-0.05, 0) is 31.4 Å². The molecule has 1 aromatic carbocycles. The van der Waals surface area contributed by atoms with E-state index in [-0.39, 0.29) is 24.0 Å². The molecule has 0 bridgehead atoms. The Balaban J connectivity index is 0.00000480. The van der Waals surface area contributed by atoms with Crippen LogP contribution in [-0.4, -0.2) is 38.5 Å². The third-order valence-corrected chi connectivity index (χ3v) is 5.05. The zero-order valence-electron chi connectivity index (χ0n) is 19.4. The normalized spacial score (nSPS) is 11.4. The number of methoxy groups -OCH3 is 1. The summed E-state index contributed by atoms with van der Waals surface area (Å²) in [6.45, 7) is 8.86. The first-order valence-corrected chi connectivity index (χ1v) is 10.7. The molecule has 31 heavy (non-hydrogen) atoms. The zero-order valence-corrected chi connectivity index (χ0v) is 21.7. The zero-order chi connectivity index (χ0) is 21.8. The van der Waals surface area contributed by atoms with Gasteiger partial charge in [0.15, 0.2) is 11.7 Å². The van der Waals surface area contributed by atoms with Crippen molar-refractivity contribution in [3.8, 4) is 5.75 Å². The van der Waals surface area contributed by atoms with Gasteiger partial charge >= 0.3 is 0 Å². The van der Waals surface area contributed by atoms with Gasteiger partial charge in [-0.3, -0.25) is 4.99 Å². The van der Waals surface area contributed by atoms with E-state index in [9.17, 15) is 0 Å². The maximum Gasteiger partial charge on any atom is 0.191 e. The van der Waals surface area contributed by atoms with Crippen LogP contribution < -0.4 is 15.4 Å². The van der Waals surface area contributed by atoms with Crippen molar-refractivity contribution in [1.82, 2.24) is 15.8 Å². The molecule has 8 heteroatoms. The highest BCUT2D eigenvalue weighted by atomic mass is 127. The van der Waals surface area contributed by atoms with Gasteiger partial charge in [0.25, 0.3) is 0 Å². The lowest BCUT2D eigenvalue weighted by Gasteiger charge is -2.15. The summed E-state index contributed by atoms with van der Waals surface area (Å²) in [5.74, 6) is 2.83. The van der Waals surface area contributed by atoms with Crippen molar-refractivity contribution in [2.24, 2.45) is 4.99 Å². The molecule has 1 heterocycles. The monoisotopic (exact) mass is 544 g/mol. The molecule has 2 rings (SSSR count). The Morgan fingerprint density at radius 2 is 1.87 bits per heavy atom. The minimum absolute atomic E-state index is 0. The van der Waals surface area contributed by atoms with Gasteiger partial charge < -0.3 is 24.6 Å². The predicted octanol–water partition coefficient (Wildman–Crippen LogP) is 4.79. The number of hydrogen-bond acceptors (Lipinski definition) is 5. The maximum atomic E-state index is 5.96. The lowest BCUT2D eigenvalue weighted by molar-refractivity contribution is 0.171. The fourth-order valence-corrected chi connectivity index (χ4v) is 3.21. The van der Waals surface area contributed by atoms with Crippen LogP contribution in [0.5, 0.6) is 5.75 Å². The molecule has 0 spiro atoms. The van der Waals surface area contributed by atoms with Crippen LogP contribution in [0.1, 0.15) is 61.6 Å². The molecular weight excluding hydrogens is 507 g/mol. The van der Waals surface area contributed by atoms with E-state index in [4.69, 9.17) is 14.0 Å². The number of halogens is 1. The average molecular weight is 544 g/mol. The quantitative estimate of drug-likeness (QED) is 0.173. The van der Waals surface area contributed by atoms with Gasteiger partial charge in [0, 0.05) is 51.3 Å². The predicted molar refractivity (Wildman–Crippen MR) is 135 cm³/mol. The molecule has 1 aromatic heterocycles. The molecule has 0 unspecified atom stereocenters. The standard InChI is InChI=1S/C23H36N4O3.HI/c1-6-18(7-2)21-14-20(30-27-21)16-26-23(24-4)25-15-19-10-9-17(3)13-22(19)29-12-8-11-28-5;/h9-10,13-14,18H,6-8,11-12,15-16H2,1-5H3,(H2,24,25,26);1H. The molecule has 0 aliphatic heterocycles. The molecule has 2 aromatic rings. The lowest BCUT2D eigenvalue weighted by Crippen LogP contribution is -2.36. The molecule has 0 amide bonds. The molecule has 0 saturated carbocycles. The Morgan fingerprint density at radius 1 is 1.13 bits per heavy atom. The second kappa shape index (κ2) is 15.1. The van der Waals surface area contributed by atoms with Crippen LogP contribution in [0.4, 0.5) is 0 Å². The minimum atomic E-state index is 0. The van der Waals surface area contributed by atoms with Crippen LogP contribution >= 0.6 is 24.0 Å². The number of hydrogen-bond donors (Lipinski definition) is 2. The Kier molecular flexibility index (Phi) is 13.2. The summed E-state index contributed by atoms with van der Waals surface area (Å²) in [6.07, 6.45) is 2.98. The molecule has 0 fully saturated rings. The first-order valence-electron chi connectivity index (χ1n) is 10.7. The van der Waals surface area contributed by atoms with Gasteiger partial charge in [-0.15, -0.1) is 24.0 Å². The molecule has 0 aliphatic carbocycles. The molecule has 174 valence electrons. The molecule has 0 atom stereocenters. The molecule has 0 radical (unpaired) electrons. The average Bonchev–Trinajstić information content (AvgIpc) is 3.22. The topological polar surface area (TPSA) is 80.9 Å². The summed E-state index contributed by atoms with van der Waals surface area (Å²) in [5, 5.41) is 10.8. The molecule has 2 N–H and O–H groups in total. The fourth-order valence-electron chi connectivity index (χ4n) is 3.21. The van der Waals surface area contributed by atoms with Crippen LogP contribution in [0.25, 0.3) is 0 Å². The van der Waals surface area contributed by atoms with E-state index >= 15 is 0 Å². The number of benzene rings is 1. The van der Waals surface area contributed by atoms with Crippen molar-refractivity contribution < 1.29 is 14.0 Å². The fraction of sp³-hybridized carbons (Fsp3) is 0.565. The van der Waals surface area contributed by atoms with E-state index in [0.29, 0.717) is 38.2 Å². The molecule has 7 nitrogen and oxygen atoms in total. The Labute approximate surface area is 203 Å². The van der Waals surface area contributed by atoms with Gasteiger partial charge in [0.05, 0.1) is 18.8 Å². The summed E-state index contributed by atoms with van der Waals surface area (Å²) < 4.78 is 16.5. The second-order valence-corrected chi connectivity index (χ2v) is 7.32. The van der Waals surface area contributed by atoms with Crippen LogP contribution in [0.2, 0.25) is 0 Å². The first kappa shape index (κ1) is 27.2. The summed E-state index contributed by atoms with van der Waals surface area (Å²) >= 11 is 0. The van der Waals surface area contributed by atoms with Crippen molar-refractivity contribution in [2.45, 2.75) is 59.0 Å². The van der Waals surface area contributed by atoms with Crippen molar-refractivity contribution >= 4 is 29.9 Å². The van der Waals surface area contributed by atoms with Crippen molar-refractivity contribution in [3.63, 3.8) is 0 Å². The Hall–Kier alpha value is -1.81. The van der Waals surface area contributed by atoms with Gasteiger partial charge in [-0.25, -0.2) is 0 Å². The molecule has 0 aliphatic rings. The van der Waals surface area contributed by atoms with E-state index < -0.39 is 0 Å². The third-order valence-electron chi connectivity index (χ3n) is 5.05. The summed E-state index contributed by atoms with van der Waals surface area (Å²) in [6, 6.07) is 8.26. The highest BCUT2D eigenvalue weighted by molar-refractivity contribution is 14.0.